The van der Waals surface area contributed by atoms with Crippen LogP contribution in [0.2, 0.25) is 0 Å². The van der Waals surface area contributed by atoms with Crippen LogP contribution in [-0.4, -0.2) is 22.6 Å². The fourth-order valence-corrected chi connectivity index (χ4v) is 5.31. The minimum atomic E-state index is -0.298. The van der Waals surface area contributed by atoms with E-state index in [9.17, 15) is 14.0 Å². The summed E-state index contributed by atoms with van der Waals surface area (Å²) in [5, 5.41) is -0.184. The van der Waals surface area contributed by atoms with Crippen LogP contribution < -0.4 is 4.74 Å². The maximum Gasteiger partial charge on any atom is 0.293 e. The van der Waals surface area contributed by atoms with Crippen LogP contribution in [0.25, 0.3) is 6.08 Å². The molecule has 0 atom stereocenters. The molecule has 1 aliphatic heterocycles. The molecule has 2 aliphatic rings. The van der Waals surface area contributed by atoms with Crippen LogP contribution in [0.1, 0.15) is 43.2 Å². The third-order valence-electron chi connectivity index (χ3n) is 5.58. The summed E-state index contributed by atoms with van der Waals surface area (Å²) in [6.45, 7) is 0.772. The molecule has 162 valence electrons. The third kappa shape index (κ3) is 5.57. The van der Waals surface area contributed by atoms with Crippen LogP contribution in [0.3, 0.4) is 0 Å². The Morgan fingerprint density at radius 1 is 1.13 bits per heavy atom. The van der Waals surface area contributed by atoms with Crippen molar-refractivity contribution in [1.29, 1.82) is 0 Å². The molecule has 0 aromatic heterocycles. The summed E-state index contributed by atoms with van der Waals surface area (Å²) in [5.41, 5.74) is 1.54. The molecule has 4 rings (SSSR count). The quantitative estimate of drug-likeness (QED) is 0.407. The van der Waals surface area contributed by atoms with E-state index in [-0.39, 0.29) is 23.6 Å². The Kier molecular flexibility index (Phi) is 7.13. The van der Waals surface area contributed by atoms with Gasteiger partial charge in [-0.1, -0.05) is 37.5 Å². The monoisotopic (exact) mass is 503 g/mol. The van der Waals surface area contributed by atoms with Crippen molar-refractivity contribution < 1.29 is 18.7 Å². The smallest absolute Gasteiger partial charge is 0.293 e. The Morgan fingerprint density at radius 3 is 2.68 bits per heavy atom. The van der Waals surface area contributed by atoms with E-state index in [1.807, 2.05) is 12.1 Å². The molecular weight excluding hydrogens is 481 g/mol. The first-order valence-electron chi connectivity index (χ1n) is 10.4. The number of hydrogen-bond acceptors (Lipinski definition) is 4. The predicted octanol–water partition coefficient (Wildman–Crippen LogP) is 6.78. The topological polar surface area (TPSA) is 46.6 Å². The fourth-order valence-electron chi connectivity index (χ4n) is 3.95. The number of carbonyl (C=O) groups is 2. The number of nitrogens with zero attached hydrogens (tertiary/aromatic N) is 1. The number of ether oxygens (including phenoxy) is 1. The Bertz CT molecular complexity index is 1020. The molecule has 1 saturated heterocycles. The molecule has 0 bridgehead atoms. The molecule has 7 heteroatoms. The minimum Gasteiger partial charge on any atom is -0.488 e. The number of hydrogen-bond donors (Lipinski definition) is 0. The van der Waals surface area contributed by atoms with Gasteiger partial charge >= 0.3 is 0 Å². The van der Waals surface area contributed by atoms with Crippen molar-refractivity contribution in [2.45, 2.75) is 38.7 Å². The first kappa shape index (κ1) is 22.1. The van der Waals surface area contributed by atoms with Gasteiger partial charge in [0.1, 0.15) is 18.2 Å². The van der Waals surface area contributed by atoms with E-state index in [2.05, 4.69) is 15.9 Å². The van der Waals surface area contributed by atoms with Gasteiger partial charge in [-0.05, 0) is 87.9 Å². The second kappa shape index (κ2) is 10.0. The lowest BCUT2D eigenvalue weighted by Crippen LogP contribution is -2.34. The van der Waals surface area contributed by atoms with Crippen molar-refractivity contribution in [1.82, 2.24) is 4.90 Å². The number of amides is 2. The van der Waals surface area contributed by atoms with Crippen LogP contribution in [0.4, 0.5) is 9.18 Å². The highest BCUT2D eigenvalue weighted by Crippen LogP contribution is 2.36. The highest BCUT2D eigenvalue weighted by molar-refractivity contribution is 9.10. The van der Waals surface area contributed by atoms with Crippen molar-refractivity contribution in [2.24, 2.45) is 5.92 Å². The van der Waals surface area contributed by atoms with Gasteiger partial charge < -0.3 is 4.74 Å². The summed E-state index contributed by atoms with van der Waals surface area (Å²) >= 11 is 4.49. The highest BCUT2D eigenvalue weighted by atomic mass is 79.9. The maximum absolute atomic E-state index is 13.3. The van der Waals surface area contributed by atoms with Gasteiger partial charge in [0.2, 0.25) is 0 Å². The molecule has 0 radical (unpaired) electrons. The molecule has 0 spiro atoms. The van der Waals surface area contributed by atoms with Gasteiger partial charge in [-0.15, -0.1) is 0 Å². The summed E-state index contributed by atoms with van der Waals surface area (Å²) in [6.07, 6.45) is 7.52. The van der Waals surface area contributed by atoms with Gasteiger partial charge in [0.15, 0.2) is 0 Å². The zero-order chi connectivity index (χ0) is 21.8. The second-order valence-electron chi connectivity index (χ2n) is 7.90. The largest absolute Gasteiger partial charge is 0.488 e. The number of thioether (sulfide) groups is 1. The lowest BCUT2D eigenvalue weighted by molar-refractivity contribution is -0.123. The number of carbonyl (C=O) groups excluding carboxylic acids is 2. The van der Waals surface area contributed by atoms with E-state index in [1.165, 1.54) is 36.3 Å². The Balaban J connectivity index is 1.41. The molecule has 2 fully saturated rings. The molecule has 1 saturated carbocycles. The first-order valence-corrected chi connectivity index (χ1v) is 12.0. The summed E-state index contributed by atoms with van der Waals surface area (Å²) in [7, 11) is 0. The van der Waals surface area contributed by atoms with Crippen molar-refractivity contribution in [3.8, 4) is 5.75 Å². The normalized spacial score (nSPS) is 18.8. The third-order valence-corrected chi connectivity index (χ3v) is 7.10. The van der Waals surface area contributed by atoms with Crippen LogP contribution in [0.15, 0.2) is 51.8 Å². The molecule has 2 aromatic carbocycles. The molecular formula is C24H23BrFNO3S. The van der Waals surface area contributed by atoms with Crippen LogP contribution in [-0.2, 0) is 11.4 Å². The molecule has 1 aliphatic carbocycles. The predicted molar refractivity (Wildman–Crippen MR) is 124 cm³/mol. The van der Waals surface area contributed by atoms with Crippen LogP contribution in [0, 0.1) is 11.7 Å². The van der Waals surface area contributed by atoms with E-state index in [0.717, 1.165) is 40.2 Å². The van der Waals surface area contributed by atoms with E-state index < -0.39 is 0 Å². The second-order valence-corrected chi connectivity index (χ2v) is 9.75. The van der Waals surface area contributed by atoms with Crippen LogP contribution in [0.5, 0.6) is 5.75 Å². The molecule has 2 amide bonds. The molecule has 2 aromatic rings. The van der Waals surface area contributed by atoms with E-state index >= 15 is 0 Å². The van der Waals surface area contributed by atoms with Gasteiger partial charge in [0.05, 0.1) is 9.38 Å². The first-order chi connectivity index (χ1) is 15.0. The van der Waals surface area contributed by atoms with E-state index in [4.69, 9.17) is 4.74 Å². The van der Waals surface area contributed by atoms with Gasteiger partial charge in [-0.3, -0.25) is 14.5 Å². The summed E-state index contributed by atoms with van der Waals surface area (Å²) in [5.74, 6) is 0.535. The Hall–Kier alpha value is -2.12. The number of imide groups is 1. The number of rotatable bonds is 6. The van der Waals surface area contributed by atoms with Crippen molar-refractivity contribution in [2.75, 3.05) is 6.54 Å². The van der Waals surface area contributed by atoms with Crippen LogP contribution >= 0.6 is 27.7 Å². The van der Waals surface area contributed by atoms with Gasteiger partial charge in [-0.2, -0.15) is 0 Å². The summed E-state index contributed by atoms with van der Waals surface area (Å²) < 4.78 is 19.8. The summed E-state index contributed by atoms with van der Waals surface area (Å²) in [6, 6.07) is 11.7. The fraction of sp³-hybridized carbons (Fsp3) is 0.333. The Morgan fingerprint density at radius 2 is 1.94 bits per heavy atom. The van der Waals surface area contributed by atoms with E-state index in [0.29, 0.717) is 23.1 Å². The molecule has 1 heterocycles. The van der Waals surface area contributed by atoms with Gasteiger partial charge in [0.25, 0.3) is 11.1 Å². The molecule has 0 unspecified atom stereocenters. The molecule has 4 nitrogen and oxygen atoms in total. The average molecular weight is 504 g/mol. The van der Waals surface area contributed by atoms with Crippen molar-refractivity contribution >= 4 is 44.9 Å². The number of benzene rings is 2. The van der Waals surface area contributed by atoms with Crippen molar-refractivity contribution in [3.63, 3.8) is 0 Å². The highest BCUT2D eigenvalue weighted by Gasteiger charge is 2.36. The lowest BCUT2D eigenvalue weighted by Gasteiger charge is -2.25. The minimum absolute atomic E-state index is 0.184. The van der Waals surface area contributed by atoms with Crippen molar-refractivity contribution in [3.05, 3.63) is 68.8 Å². The summed E-state index contributed by atoms with van der Waals surface area (Å²) in [4.78, 5) is 27.0. The van der Waals surface area contributed by atoms with E-state index in [1.54, 1.807) is 24.3 Å². The standard InChI is InChI=1S/C24H23BrFNO3S/c25-20-12-17(9-10-21(20)30-15-18-7-4-8-19(26)11-18)13-22-23(28)27(24(29)31-22)14-16-5-2-1-3-6-16/h4,7-13,16H,1-3,5-6,14-15H2/b22-13+. The maximum atomic E-state index is 13.3. The zero-order valence-electron chi connectivity index (χ0n) is 17.0. The zero-order valence-corrected chi connectivity index (χ0v) is 19.4. The SMILES string of the molecule is O=C1S/C(=C/c2ccc(OCc3cccc(F)c3)c(Br)c2)C(=O)N1CC1CCCCC1. The molecule has 31 heavy (non-hydrogen) atoms. The average Bonchev–Trinajstić information content (AvgIpc) is 3.01. The van der Waals surface area contributed by atoms with Gasteiger partial charge in [0, 0.05) is 6.54 Å². The number of halogens is 2. The van der Waals surface area contributed by atoms with Gasteiger partial charge in [-0.25, -0.2) is 4.39 Å². The Labute approximate surface area is 194 Å². The lowest BCUT2D eigenvalue weighted by atomic mass is 9.89. The molecule has 0 N–H and O–H groups in total.